The van der Waals surface area contributed by atoms with E-state index >= 15 is 0 Å². The SMILES string of the molecule is CCc1nnc(SCC(=O)O)n1-c1ccc2c(c1)OCO2. The van der Waals surface area contributed by atoms with Crippen LogP contribution < -0.4 is 9.47 Å². The van der Waals surface area contributed by atoms with E-state index in [1.54, 1.807) is 0 Å². The van der Waals surface area contributed by atoms with Gasteiger partial charge in [0.25, 0.3) is 0 Å². The summed E-state index contributed by atoms with van der Waals surface area (Å²) in [5.74, 6) is 1.17. The molecule has 0 radical (unpaired) electrons. The maximum Gasteiger partial charge on any atom is 0.313 e. The normalized spacial score (nSPS) is 12.6. The van der Waals surface area contributed by atoms with Crippen molar-refractivity contribution >= 4 is 17.7 Å². The van der Waals surface area contributed by atoms with Gasteiger partial charge < -0.3 is 14.6 Å². The van der Waals surface area contributed by atoms with Crippen LogP contribution >= 0.6 is 11.8 Å². The van der Waals surface area contributed by atoms with Gasteiger partial charge >= 0.3 is 5.97 Å². The van der Waals surface area contributed by atoms with E-state index in [0.29, 0.717) is 23.1 Å². The Bertz CT molecular complexity index is 686. The molecule has 1 aromatic carbocycles. The summed E-state index contributed by atoms with van der Waals surface area (Å²) in [5, 5.41) is 17.5. The van der Waals surface area contributed by atoms with Gasteiger partial charge in [0.1, 0.15) is 5.82 Å². The Morgan fingerprint density at radius 2 is 2.19 bits per heavy atom. The fourth-order valence-corrected chi connectivity index (χ4v) is 2.72. The highest BCUT2D eigenvalue weighted by Crippen LogP contribution is 2.35. The van der Waals surface area contributed by atoms with Crippen LogP contribution in [0.5, 0.6) is 11.5 Å². The van der Waals surface area contributed by atoms with Gasteiger partial charge in [0, 0.05) is 12.5 Å². The number of carbonyl (C=O) groups is 1. The molecule has 8 heteroatoms. The smallest absolute Gasteiger partial charge is 0.313 e. The van der Waals surface area contributed by atoms with Gasteiger partial charge in [-0.25, -0.2) is 0 Å². The number of aryl methyl sites for hydroxylation is 1. The van der Waals surface area contributed by atoms with E-state index in [-0.39, 0.29) is 12.5 Å². The molecule has 2 heterocycles. The predicted molar refractivity (Wildman–Crippen MR) is 75.2 cm³/mol. The summed E-state index contributed by atoms with van der Waals surface area (Å²) in [4.78, 5) is 10.7. The maximum absolute atomic E-state index is 10.7. The summed E-state index contributed by atoms with van der Waals surface area (Å²) in [5.41, 5.74) is 0.828. The third kappa shape index (κ3) is 2.66. The van der Waals surface area contributed by atoms with Crippen molar-refractivity contribution in [3.63, 3.8) is 0 Å². The number of rotatable bonds is 5. The summed E-state index contributed by atoms with van der Waals surface area (Å²) < 4.78 is 12.5. The van der Waals surface area contributed by atoms with E-state index in [9.17, 15) is 4.79 Å². The Morgan fingerprint density at radius 1 is 1.38 bits per heavy atom. The number of carboxylic acids is 1. The standard InChI is InChI=1S/C13H13N3O4S/c1-2-11-14-15-13(21-6-12(17)18)16(11)8-3-4-9-10(5-8)20-7-19-9/h3-5H,2,6-7H2,1H3,(H,17,18). The molecule has 2 aromatic rings. The van der Waals surface area contributed by atoms with Gasteiger partial charge in [0.15, 0.2) is 16.7 Å². The molecular formula is C13H13N3O4S. The summed E-state index contributed by atoms with van der Waals surface area (Å²) >= 11 is 1.14. The van der Waals surface area contributed by atoms with Crippen molar-refractivity contribution in [3.05, 3.63) is 24.0 Å². The molecule has 1 aromatic heterocycles. The monoisotopic (exact) mass is 307 g/mol. The number of thioether (sulfide) groups is 1. The van der Waals surface area contributed by atoms with Crippen molar-refractivity contribution in [3.8, 4) is 17.2 Å². The summed E-state index contributed by atoms with van der Waals surface area (Å²) in [6.45, 7) is 2.18. The van der Waals surface area contributed by atoms with Crippen molar-refractivity contribution in [2.75, 3.05) is 12.5 Å². The topological polar surface area (TPSA) is 86.5 Å². The molecule has 0 spiro atoms. The number of aromatic nitrogens is 3. The molecule has 0 saturated heterocycles. The molecule has 0 atom stereocenters. The molecule has 0 amide bonds. The largest absolute Gasteiger partial charge is 0.481 e. The Kier molecular flexibility index (Phi) is 3.70. The van der Waals surface area contributed by atoms with E-state index in [0.717, 1.165) is 23.3 Å². The highest BCUT2D eigenvalue weighted by Gasteiger charge is 2.18. The van der Waals surface area contributed by atoms with Crippen molar-refractivity contribution in [1.82, 2.24) is 14.8 Å². The van der Waals surface area contributed by atoms with Crippen LogP contribution in [0.2, 0.25) is 0 Å². The maximum atomic E-state index is 10.7. The van der Waals surface area contributed by atoms with E-state index in [1.165, 1.54) is 0 Å². The number of hydrogen-bond donors (Lipinski definition) is 1. The molecule has 0 bridgehead atoms. The number of fused-ring (bicyclic) bond motifs is 1. The van der Waals surface area contributed by atoms with Crippen molar-refractivity contribution in [2.24, 2.45) is 0 Å². The minimum Gasteiger partial charge on any atom is -0.481 e. The second kappa shape index (κ2) is 5.65. The van der Waals surface area contributed by atoms with Crippen molar-refractivity contribution in [2.45, 2.75) is 18.5 Å². The number of hydrogen-bond acceptors (Lipinski definition) is 6. The Labute approximate surface area is 124 Å². The predicted octanol–water partition coefficient (Wildman–Crippen LogP) is 1.74. The molecule has 7 nitrogen and oxygen atoms in total. The zero-order valence-electron chi connectivity index (χ0n) is 11.3. The van der Waals surface area contributed by atoms with Gasteiger partial charge in [0.05, 0.1) is 11.4 Å². The molecule has 0 saturated carbocycles. The van der Waals surface area contributed by atoms with Crippen LogP contribution in [0.15, 0.2) is 23.4 Å². The molecular weight excluding hydrogens is 294 g/mol. The molecule has 110 valence electrons. The van der Waals surface area contributed by atoms with Crippen LogP contribution in [0.4, 0.5) is 0 Å². The Hall–Kier alpha value is -2.22. The van der Waals surface area contributed by atoms with Crippen LogP contribution in [0, 0.1) is 0 Å². The molecule has 1 N–H and O–H groups in total. The molecule has 21 heavy (non-hydrogen) atoms. The first-order chi connectivity index (χ1) is 10.2. The molecule has 1 aliphatic heterocycles. The van der Waals surface area contributed by atoms with E-state index in [2.05, 4.69) is 10.2 Å². The van der Waals surface area contributed by atoms with Crippen LogP contribution in [-0.4, -0.2) is 38.4 Å². The first-order valence-electron chi connectivity index (χ1n) is 6.38. The van der Waals surface area contributed by atoms with Gasteiger partial charge in [-0.3, -0.25) is 9.36 Å². The fourth-order valence-electron chi connectivity index (χ4n) is 2.03. The van der Waals surface area contributed by atoms with Crippen LogP contribution in [0.3, 0.4) is 0 Å². The lowest BCUT2D eigenvalue weighted by molar-refractivity contribution is -0.133. The van der Waals surface area contributed by atoms with Gasteiger partial charge in [-0.1, -0.05) is 18.7 Å². The zero-order chi connectivity index (χ0) is 14.8. The summed E-state index contributed by atoms with van der Waals surface area (Å²) in [6.07, 6.45) is 0.690. The average Bonchev–Trinajstić information content (AvgIpc) is 3.10. The second-order valence-corrected chi connectivity index (χ2v) is 5.25. The van der Waals surface area contributed by atoms with Gasteiger partial charge in [-0.15, -0.1) is 10.2 Å². The number of aliphatic carboxylic acids is 1. The van der Waals surface area contributed by atoms with Crippen molar-refractivity contribution < 1.29 is 19.4 Å². The number of benzene rings is 1. The number of carboxylic acid groups (broad SMARTS) is 1. The third-order valence-corrected chi connectivity index (χ3v) is 3.87. The van der Waals surface area contributed by atoms with Gasteiger partial charge in [-0.2, -0.15) is 0 Å². The summed E-state index contributed by atoms with van der Waals surface area (Å²) in [6, 6.07) is 5.54. The second-order valence-electron chi connectivity index (χ2n) is 4.31. The molecule has 0 unspecified atom stereocenters. The minimum absolute atomic E-state index is 0.0631. The fraction of sp³-hybridized carbons (Fsp3) is 0.308. The highest BCUT2D eigenvalue weighted by molar-refractivity contribution is 7.99. The Morgan fingerprint density at radius 3 is 2.95 bits per heavy atom. The molecule has 1 aliphatic rings. The van der Waals surface area contributed by atoms with Crippen LogP contribution in [0.25, 0.3) is 5.69 Å². The highest BCUT2D eigenvalue weighted by atomic mass is 32.2. The zero-order valence-corrected chi connectivity index (χ0v) is 12.1. The quantitative estimate of drug-likeness (QED) is 0.842. The molecule has 3 rings (SSSR count). The van der Waals surface area contributed by atoms with E-state index in [4.69, 9.17) is 14.6 Å². The number of ether oxygens (including phenoxy) is 2. The van der Waals surface area contributed by atoms with Gasteiger partial charge in [0.2, 0.25) is 6.79 Å². The van der Waals surface area contributed by atoms with Crippen LogP contribution in [0.1, 0.15) is 12.7 Å². The lowest BCUT2D eigenvalue weighted by Crippen LogP contribution is -2.04. The minimum atomic E-state index is -0.890. The molecule has 0 fully saturated rings. The van der Waals surface area contributed by atoms with E-state index < -0.39 is 5.97 Å². The average molecular weight is 307 g/mol. The first kappa shape index (κ1) is 13.7. The first-order valence-corrected chi connectivity index (χ1v) is 7.36. The van der Waals surface area contributed by atoms with Crippen molar-refractivity contribution in [1.29, 1.82) is 0 Å². The van der Waals surface area contributed by atoms with Gasteiger partial charge in [-0.05, 0) is 12.1 Å². The number of nitrogens with zero attached hydrogens (tertiary/aromatic N) is 3. The van der Waals surface area contributed by atoms with Crippen LogP contribution in [-0.2, 0) is 11.2 Å². The Balaban J connectivity index is 1.99. The third-order valence-electron chi connectivity index (χ3n) is 2.96. The lowest BCUT2D eigenvalue weighted by Gasteiger charge is -2.09. The van der Waals surface area contributed by atoms with E-state index in [1.807, 2.05) is 29.7 Å². The lowest BCUT2D eigenvalue weighted by atomic mass is 10.2. The summed E-state index contributed by atoms with van der Waals surface area (Å²) in [7, 11) is 0. The molecule has 0 aliphatic carbocycles.